The molecule has 104 valence electrons. The molecule has 18 heavy (non-hydrogen) atoms. The van der Waals surface area contributed by atoms with E-state index in [-0.39, 0.29) is 19.8 Å². The smallest absolute Gasteiger partial charge is 0.378 e. The van der Waals surface area contributed by atoms with Gasteiger partial charge in [-0.1, -0.05) is 6.08 Å². The van der Waals surface area contributed by atoms with Gasteiger partial charge in [-0.2, -0.15) is 0 Å². The van der Waals surface area contributed by atoms with Crippen LogP contribution in [-0.2, 0) is 18.6 Å². The summed E-state index contributed by atoms with van der Waals surface area (Å²) in [4.78, 5) is 0. The van der Waals surface area contributed by atoms with E-state index in [1.165, 1.54) is 0 Å². The summed E-state index contributed by atoms with van der Waals surface area (Å²) in [7, 11) is -5.55. The normalized spacial score (nSPS) is 12.9. The number of hydrogen-bond acceptors (Lipinski definition) is 4. The van der Waals surface area contributed by atoms with Crippen LogP contribution in [0.2, 0.25) is 0 Å². The van der Waals surface area contributed by atoms with Gasteiger partial charge in [0.1, 0.15) is 6.10 Å². The summed E-state index contributed by atoms with van der Waals surface area (Å²) in [6, 6.07) is 0. The van der Waals surface area contributed by atoms with Crippen molar-refractivity contribution < 1.29 is 27.0 Å². The summed E-state index contributed by atoms with van der Waals surface area (Å²) < 4.78 is 49.1. The topological polar surface area (TPSA) is 44.8 Å². The Morgan fingerprint density at radius 1 is 1.33 bits per heavy atom. The monoisotopic (exact) mass is 282 g/mol. The molecule has 0 radical (unpaired) electrons. The standard InChI is InChI=1S/C11H17F2O4P/c1-3-5-7-15-9-11(17-18(12,13)14)10-16-8-6-4-2/h1,4,11H,2,5-10H2. The van der Waals surface area contributed by atoms with E-state index in [0.29, 0.717) is 19.4 Å². The molecule has 0 spiro atoms. The number of halogens is 2. The highest BCUT2D eigenvalue weighted by Gasteiger charge is 2.27. The summed E-state index contributed by atoms with van der Waals surface area (Å²) in [6.45, 7) is 3.78. The molecule has 0 aliphatic carbocycles. The largest absolute Gasteiger partial charge is 0.552 e. The average molecular weight is 282 g/mol. The molecule has 0 N–H and O–H groups in total. The van der Waals surface area contributed by atoms with E-state index >= 15 is 0 Å². The zero-order valence-corrected chi connectivity index (χ0v) is 10.9. The zero-order valence-electron chi connectivity index (χ0n) is 10.0. The average Bonchev–Trinajstić information content (AvgIpc) is 2.28. The third-order valence-corrected chi connectivity index (χ3v) is 2.28. The number of ether oxygens (including phenoxy) is 2. The first-order valence-corrected chi connectivity index (χ1v) is 6.78. The van der Waals surface area contributed by atoms with Gasteiger partial charge in [-0.05, 0) is 6.42 Å². The molecule has 0 amide bonds. The fourth-order valence-electron chi connectivity index (χ4n) is 1.01. The Bertz CT molecular complexity index is 311. The summed E-state index contributed by atoms with van der Waals surface area (Å²) in [5, 5.41) is 0. The molecular formula is C11H17F2O4P. The molecule has 0 bridgehead atoms. The van der Waals surface area contributed by atoms with Gasteiger partial charge < -0.3 is 9.47 Å². The van der Waals surface area contributed by atoms with Crippen LogP contribution in [0.5, 0.6) is 0 Å². The van der Waals surface area contributed by atoms with Gasteiger partial charge in [0.25, 0.3) is 0 Å². The highest BCUT2D eigenvalue weighted by Crippen LogP contribution is 2.51. The summed E-state index contributed by atoms with van der Waals surface area (Å²) in [6.07, 6.45) is 6.52. The van der Waals surface area contributed by atoms with Gasteiger partial charge in [0, 0.05) is 6.42 Å². The van der Waals surface area contributed by atoms with Gasteiger partial charge in [0.05, 0.1) is 26.4 Å². The molecule has 0 heterocycles. The van der Waals surface area contributed by atoms with E-state index in [1.807, 2.05) is 0 Å². The minimum Gasteiger partial charge on any atom is -0.378 e. The van der Waals surface area contributed by atoms with Gasteiger partial charge in [-0.15, -0.1) is 27.3 Å². The third kappa shape index (κ3) is 11.7. The number of hydrogen-bond donors (Lipinski definition) is 0. The summed E-state index contributed by atoms with van der Waals surface area (Å²) in [5.41, 5.74) is 0. The van der Waals surface area contributed by atoms with Gasteiger partial charge in [-0.25, -0.2) is 4.57 Å². The molecule has 0 aromatic rings. The molecule has 4 nitrogen and oxygen atoms in total. The van der Waals surface area contributed by atoms with Crippen molar-refractivity contribution in [2.75, 3.05) is 26.4 Å². The van der Waals surface area contributed by atoms with Gasteiger partial charge in [0.15, 0.2) is 0 Å². The zero-order chi connectivity index (χ0) is 13.9. The molecule has 0 aliphatic heterocycles. The molecule has 1 atom stereocenters. The first-order chi connectivity index (χ1) is 8.49. The van der Waals surface area contributed by atoms with Crippen LogP contribution in [0.25, 0.3) is 0 Å². The fourth-order valence-corrected chi connectivity index (χ4v) is 1.48. The lowest BCUT2D eigenvalue weighted by Crippen LogP contribution is -2.24. The van der Waals surface area contributed by atoms with E-state index in [4.69, 9.17) is 15.9 Å². The Hall–Kier alpha value is -0.730. The van der Waals surface area contributed by atoms with Gasteiger partial charge in [-0.3, -0.25) is 4.52 Å². The molecule has 0 fully saturated rings. The lowest BCUT2D eigenvalue weighted by Gasteiger charge is -2.16. The Kier molecular flexibility index (Phi) is 9.80. The first kappa shape index (κ1) is 17.3. The van der Waals surface area contributed by atoms with Crippen LogP contribution < -0.4 is 0 Å². The highest BCUT2D eigenvalue weighted by atomic mass is 31.2. The fraction of sp³-hybridized carbons (Fsp3) is 0.636. The van der Waals surface area contributed by atoms with Gasteiger partial charge >= 0.3 is 7.99 Å². The maximum atomic E-state index is 12.3. The van der Waals surface area contributed by atoms with Crippen LogP contribution in [0.1, 0.15) is 12.8 Å². The van der Waals surface area contributed by atoms with E-state index in [9.17, 15) is 13.0 Å². The van der Waals surface area contributed by atoms with Crippen molar-refractivity contribution in [3.8, 4) is 12.3 Å². The van der Waals surface area contributed by atoms with E-state index < -0.39 is 14.1 Å². The second-order valence-corrected chi connectivity index (χ2v) is 4.36. The Morgan fingerprint density at radius 3 is 2.44 bits per heavy atom. The van der Waals surface area contributed by atoms with Crippen molar-refractivity contribution in [3.05, 3.63) is 12.7 Å². The molecule has 7 heteroatoms. The SMILES string of the molecule is C#CCCOCC(COCCC=C)OP(=O)(F)F. The molecular weight excluding hydrogens is 265 g/mol. The van der Waals surface area contributed by atoms with E-state index in [2.05, 4.69) is 17.0 Å². The molecule has 0 saturated heterocycles. The third-order valence-electron chi connectivity index (χ3n) is 1.74. The summed E-state index contributed by atoms with van der Waals surface area (Å²) in [5.74, 6) is 2.34. The lowest BCUT2D eigenvalue weighted by atomic mass is 10.4. The van der Waals surface area contributed by atoms with Crippen molar-refractivity contribution in [3.63, 3.8) is 0 Å². The van der Waals surface area contributed by atoms with E-state index in [1.54, 1.807) is 6.08 Å². The van der Waals surface area contributed by atoms with Crippen molar-refractivity contribution in [1.29, 1.82) is 0 Å². The predicted octanol–water partition coefficient (Wildman–Crippen LogP) is 3.05. The maximum Gasteiger partial charge on any atom is 0.552 e. The number of rotatable bonds is 11. The van der Waals surface area contributed by atoms with Crippen molar-refractivity contribution in [2.24, 2.45) is 0 Å². The molecule has 0 aromatic carbocycles. The minimum atomic E-state index is -5.55. The highest BCUT2D eigenvalue weighted by molar-refractivity contribution is 7.47. The Balaban J connectivity index is 3.96. The second-order valence-electron chi connectivity index (χ2n) is 3.32. The lowest BCUT2D eigenvalue weighted by molar-refractivity contribution is -0.00965. The maximum absolute atomic E-state index is 12.3. The van der Waals surface area contributed by atoms with Crippen LogP contribution in [0.15, 0.2) is 12.7 Å². The van der Waals surface area contributed by atoms with Crippen molar-refractivity contribution in [2.45, 2.75) is 18.9 Å². The van der Waals surface area contributed by atoms with E-state index in [0.717, 1.165) is 0 Å². The molecule has 1 unspecified atom stereocenters. The molecule has 0 saturated carbocycles. The minimum absolute atomic E-state index is 0.123. The number of terminal acetylenes is 1. The molecule has 0 rings (SSSR count). The van der Waals surface area contributed by atoms with Crippen LogP contribution in [0.3, 0.4) is 0 Å². The first-order valence-electron chi connectivity index (χ1n) is 5.37. The molecule has 0 aromatic heterocycles. The molecule has 0 aliphatic rings. The Morgan fingerprint density at radius 2 is 1.94 bits per heavy atom. The summed E-state index contributed by atoms with van der Waals surface area (Å²) >= 11 is 0. The van der Waals surface area contributed by atoms with Crippen molar-refractivity contribution in [1.82, 2.24) is 0 Å². The van der Waals surface area contributed by atoms with Crippen LogP contribution >= 0.6 is 7.99 Å². The second kappa shape index (κ2) is 10.2. The van der Waals surface area contributed by atoms with Crippen LogP contribution in [-0.4, -0.2) is 32.5 Å². The van der Waals surface area contributed by atoms with Crippen molar-refractivity contribution >= 4 is 7.99 Å². The van der Waals surface area contributed by atoms with Crippen LogP contribution in [0, 0.1) is 12.3 Å². The predicted molar refractivity (Wildman–Crippen MR) is 64.6 cm³/mol. The quantitative estimate of drug-likeness (QED) is 0.253. The van der Waals surface area contributed by atoms with Gasteiger partial charge in [0.2, 0.25) is 0 Å². The Labute approximate surface area is 106 Å². The van der Waals surface area contributed by atoms with Crippen LogP contribution in [0.4, 0.5) is 8.39 Å².